The van der Waals surface area contributed by atoms with Gasteiger partial charge in [-0.3, -0.25) is 4.79 Å². The second-order valence-electron chi connectivity index (χ2n) is 11.2. The Morgan fingerprint density at radius 2 is 1.83 bits per heavy atom. The van der Waals surface area contributed by atoms with Crippen molar-refractivity contribution in [3.05, 3.63) is 47.4 Å². The third-order valence-corrected chi connectivity index (χ3v) is 6.83. The van der Waals surface area contributed by atoms with E-state index in [0.717, 1.165) is 31.3 Å². The number of nitrogens with one attached hydrogen (secondary N) is 2. The number of ether oxygens (including phenoxy) is 3. The first-order chi connectivity index (χ1) is 19.5. The summed E-state index contributed by atoms with van der Waals surface area (Å²) in [7, 11) is 1.37. The third-order valence-electron chi connectivity index (χ3n) is 6.83. The van der Waals surface area contributed by atoms with E-state index in [2.05, 4.69) is 15.3 Å². The van der Waals surface area contributed by atoms with E-state index in [1.54, 1.807) is 17.2 Å². The van der Waals surface area contributed by atoms with Gasteiger partial charge in [0.1, 0.15) is 28.5 Å². The number of carbonyl (C=O) groups is 2. The van der Waals surface area contributed by atoms with E-state index in [1.807, 2.05) is 45.9 Å². The maximum atomic E-state index is 13.3. The van der Waals surface area contributed by atoms with Crippen LogP contribution in [0, 0.1) is 5.92 Å². The van der Waals surface area contributed by atoms with Crippen molar-refractivity contribution >= 4 is 18.1 Å². The molecule has 2 aromatic rings. The highest BCUT2D eigenvalue weighted by Crippen LogP contribution is 2.37. The Kier molecular flexibility index (Phi) is 9.35. The van der Waals surface area contributed by atoms with Crippen LogP contribution in [0.4, 0.5) is 13.6 Å². The zero-order chi connectivity index (χ0) is 29.7. The summed E-state index contributed by atoms with van der Waals surface area (Å²) in [6.45, 7) is 5.56. The summed E-state index contributed by atoms with van der Waals surface area (Å²) in [5.74, 6) is 0.121. The summed E-state index contributed by atoms with van der Waals surface area (Å²) in [5, 5.41) is 2.80. The molecule has 0 unspecified atom stereocenters. The minimum absolute atomic E-state index is 0.0316. The van der Waals surface area contributed by atoms with Gasteiger partial charge in [-0.2, -0.15) is 8.78 Å². The number of methoxy groups -OCH3 is 1. The van der Waals surface area contributed by atoms with Crippen molar-refractivity contribution in [1.82, 2.24) is 20.2 Å². The number of hydrogen-bond acceptors (Lipinski definition) is 6. The van der Waals surface area contributed by atoms with Crippen LogP contribution in [0.3, 0.4) is 0 Å². The van der Waals surface area contributed by atoms with E-state index < -0.39 is 18.1 Å². The Morgan fingerprint density at radius 3 is 2.41 bits per heavy atom. The smallest absolute Gasteiger partial charge is 0.410 e. The first-order valence-electron chi connectivity index (χ1n) is 13.8. The fourth-order valence-electron chi connectivity index (χ4n) is 4.74. The number of benzene rings is 1. The number of amides is 2. The highest BCUT2D eigenvalue weighted by Gasteiger charge is 2.30. The number of piperidine rings is 1. The van der Waals surface area contributed by atoms with Crippen LogP contribution in [0.1, 0.15) is 69.6 Å². The summed E-state index contributed by atoms with van der Waals surface area (Å²) in [4.78, 5) is 34.7. The van der Waals surface area contributed by atoms with Gasteiger partial charge in [-0.1, -0.05) is 12.2 Å². The Morgan fingerprint density at radius 1 is 1.15 bits per heavy atom. The molecule has 41 heavy (non-hydrogen) atoms. The van der Waals surface area contributed by atoms with E-state index in [-0.39, 0.29) is 35.1 Å². The van der Waals surface area contributed by atoms with Crippen molar-refractivity contribution in [2.45, 2.75) is 71.6 Å². The third kappa shape index (κ3) is 8.08. The molecule has 2 heterocycles. The predicted molar refractivity (Wildman–Crippen MR) is 151 cm³/mol. The van der Waals surface area contributed by atoms with Crippen LogP contribution in [-0.4, -0.2) is 65.3 Å². The highest BCUT2D eigenvalue weighted by atomic mass is 19.3. The molecule has 0 atom stereocenters. The van der Waals surface area contributed by atoms with Crippen molar-refractivity contribution in [3.8, 4) is 22.8 Å². The zero-order valence-electron chi connectivity index (χ0n) is 24.1. The number of likely N-dealkylation sites (tertiary alicyclic amines) is 1. The van der Waals surface area contributed by atoms with Crippen molar-refractivity contribution in [3.63, 3.8) is 0 Å². The maximum Gasteiger partial charge on any atom is 0.410 e. The number of aromatic amines is 1. The molecule has 2 fully saturated rings. The normalized spacial score (nSPS) is 16.8. The summed E-state index contributed by atoms with van der Waals surface area (Å²) >= 11 is 0. The van der Waals surface area contributed by atoms with E-state index in [1.165, 1.54) is 13.2 Å². The average molecular weight is 573 g/mol. The quantitative estimate of drug-likeness (QED) is 0.348. The summed E-state index contributed by atoms with van der Waals surface area (Å²) < 4.78 is 42.2. The molecule has 222 valence electrons. The molecule has 1 aromatic carbocycles. The molecule has 0 radical (unpaired) electrons. The van der Waals surface area contributed by atoms with E-state index in [0.29, 0.717) is 30.2 Å². The fourth-order valence-corrected chi connectivity index (χ4v) is 4.74. The first-order valence-corrected chi connectivity index (χ1v) is 13.8. The van der Waals surface area contributed by atoms with Crippen LogP contribution in [0.5, 0.6) is 11.5 Å². The minimum Gasteiger partial charge on any atom is -0.496 e. The molecule has 2 aliphatic rings. The first kappa shape index (κ1) is 30.1. The number of hydrogen-bond donors (Lipinski definition) is 2. The van der Waals surface area contributed by atoms with Crippen molar-refractivity contribution in [2.24, 2.45) is 5.92 Å². The van der Waals surface area contributed by atoms with Gasteiger partial charge in [-0.15, -0.1) is 0 Å². The van der Waals surface area contributed by atoms with Gasteiger partial charge in [-0.05, 0) is 83.1 Å². The number of rotatable bonds is 9. The molecule has 4 rings (SSSR count). The van der Waals surface area contributed by atoms with Crippen LogP contribution < -0.4 is 14.8 Å². The number of aromatic nitrogens is 2. The molecule has 0 spiro atoms. The second-order valence-corrected chi connectivity index (χ2v) is 11.2. The van der Waals surface area contributed by atoms with Crippen LogP contribution in [0.25, 0.3) is 17.3 Å². The van der Waals surface area contributed by atoms with Gasteiger partial charge in [0, 0.05) is 24.7 Å². The lowest BCUT2D eigenvalue weighted by Crippen LogP contribution is -2.41. The summed E-state index contributed by atoms with van der Waals surface area (Å²) in [5.41, 5.74) is 1.47. The van der Waals surface area contributed by atoms with Gasteiger partial charge in [-0.25, -0.2) is 9.78 Å². The number of carbonyl (C=O) groups excluding carboxylic acids is 2. The maximum absolute atomic E-state index is 13.3. The van der Waals surface area contributed by atoms with Gasteiger partial charge in [0.05, 0.1) is 19.0 Å². The molecule has 2 amide bonds. The number of allylic oxidation sites excluding steroid dienone is 3. The standard InChI is InChI=1S/C30H38F2N4O5/c1-6-7-19(18-10-12-36(13-11-18)29(38)41-30(2,3)4)16-25-33-17-22(35-25)20-14-23(39-5)26(24(15-20)40-28(31)32)27(37)34-21-8-9-21/h6-7,14-18,21,28H,8-13H2,1-5H3,(H,33,35)(H,34,37)/b7-6-,19-16+. The van der Waals surface area contributed by atoms with Gasteiger partial charge >= 0.3 is 12.7 Å². The lowest BCUT2D eigenvalue weighted by Gasteiger charge is -2.34. The molecule has 11 heteroatoms. The topological polar surface area (TPSA) is 106 Å². The summed E-state index contributed by atoms with van der Waals surface area (Å²) in [6, 6.07) is 3.01. The van der Waals surface area contributed by atoms with E-state index in [4.69, 9.17) is 14.2 Å². The molecule has 1 aliphatic heterocycles. The van der Waals surface area contributed by atoms with Gasteiger partial charge < -0.3 is 29.4 Å². The van der Waals surface area contributed by atoms with Gasteiger partial charge in [0.25, 0.3) is 5.91 Å². The molecule has 1 saturated heterocycles. The largest absolute Gasteiger partial charge is 0.496 e. The highest BCUT2D eigenvalue weighted by molar-refractivity contribution is 6.01. The van der Waals surface area contributed by atoms with E-state index >= 15 is 0 Å². The molecular formula is C30H38F2N4O5. The molecule has 0 bridgehead atoms. The van der Waals surface area contributed by atoms with Crippen molar-refractivity contribution in [2.75, 3.05) is 20.2 Å². The Labute approximate surface area is 238 Å². The molecule has 1 aliphatic carbocycles. The zero-order valence-corrected chi connectivity index (χ0v) is 24.1. The Bertz CT molecular complexity index is 1300. The van der Waals surface area contributed by atoms with Crippen molar-refractivity contribution in [1.29, 1.82) is 0 Å². The lowest BCUT2D eigenvalue weighted by atomic mass is 9.88. The monoisotopic (exact) mass is 572 g/mol. The van der Waals surface area contributed by atoms with Gasteiger partial charge in [0.15, 0.2) is 0 Å². The van der Waals surface area contributed by atoms with Crippen LogP contribution in [0.15, 0.2) is 36.1 Å². The number of alkyl halides is 2. The van der Waals surface area contributed by atoms with Gasteiger partial charge in [0.2, 0.25) is 0 Å². The average Bonchev–Trinajstić information content (AvgIpc) is 3.60. The number of nitrogens with zero attached hydrogens (tertiary/aromatic N) is 2. The SMILES string of the molecule is C/C=C\C(=C/c1ncc(-c2cc(OC)c(C(=O)NC3CC3)c(OC(F)F)c2)[nH]1)C1CCN(C(=O)OC(C)(C)C)CC1. The van der Waals surface area contributed by atoms with Crippen LogP contribution in [-0.2, 0) is 4.74 Å². The molecule has 2 N–H and O–H groups in total. The predicted octanol–water partition coefficient (Wildman–Crippen LogP) is 6.19. The fraction of sp³-hybridized carbons (Fsp3) is 0.500. The molecule has 1 saturated carbocycles. The lowest BCUT2D eigenvalue weighted by molar-refractivity contribution is -0.0502. The molecular weight excluding hydrogens is 534 g/mol. The second kappa shape index (κ2) is 12.7. The Hall–Kier alpha value is -3.89. The summed E-state index contributed by atoms with van der Waals surface area (Å²) in [6.07, 6.45) is 10.5. The Balaban J connectivity index is 1.55. The molecule has 1 aromatic heterocycles. The van der Waals surface area contributed by atoms with Crippen LogP contribution in [0.2, 0.25) is 0 Å². The van der Waals surface area contributed by atoms with E-state index in [9.17, 15) is 18.4 Å². The number of imidazole rings is 1. The molecule has 9 nitrogen and oxygen atoms in total. The minimum atomic E-state index is -3.12. The number of H-pyrrole nitrogens is 1. The number of halogens is 2. The van der Waals surface area contributed by atoms with Crippen molar-refractivity contribution < 1.29 is 32.6 Å². The van der Waals surface area contributed by atoms with Crippen LogP contribution >= 0.6 is 0 Å².